The molecular weight excluding hydrogens is 228 g/mol. The zero-order chi connectivity index (χ0) is 13.3. The third-order valence-electron chi connectivity index (χ3n) is 3.04. The first-order valence-electron chi connectivity index (χ1n) is 6.16. The summed E-state index contributed by atoms with van der Waals surface area (Å²) in [5, 5.41) is 21.4. The Hall–Kier alpha value is -1.90. The van der Waals surface area contributed by atoms with Crippen molar-refractivity contribution in [1.82, 2.24) is 0 Å². The molecule has 2 aromatic carbocycles. The number of ether oxygens (including phenoxy) is 1. The van der Waals surface area contributed by atoms with Gasteiger partial charge in [0.15, 0.2) is 11.5 Å². The summed E-state index contributed by atoms with van der Waals surface area (Å²) in [4.78, 5) is 0. The van der Waals surface area contributed by atoms with Gasteiger partial charge in [-0.05, 0) is 24.5 Å². The maximum absolute atomic E-state index is 10.1. The van der Waals surface area contributed by atoms with Gasteiger partial charge in [-0.25, -0.2) is 0 Å². The maximum atomic E-state index is 10.1. The lowest BCUT2D eigenvalue weighted by molar-refractivity contribution is 0.318. The first kappa shape index (κ1) is 12.6. The third kappa shape index (κ3) is 2.08. The lowest BCUT2D eigenvalue weighted by Crippen LogP contribution is -1.93. The van der Waals surface area contributed by atoms with Gasteiger partial charge in [-0.3, -0.25) is 0 Å². The normalized spacial score (nSPS) is 11.1. The van der Waals surface area contributed by atoms with Crippen LogP contribution in [0.4, 0.5) is 0 Å². The van der Waals surface area contributed by atoms with E-state index in [4.69, 9.17) is 4.74 Å². The number of hydrogen-bond acceptors (Lipinski definition) is 3. The highest BCUT2D eigenvalue weighted by atomic mass is 16.5. The van der Waals surface area contributed by atoms with Crippen LogP contribution in [-0.2, 0) is 0 Å². The van der Waals surface area contributed by atoms with Crippen molar-refractivity contribution >= 4 is 10.8 Å². The summed E-state index contributed by atoms with van der Waals surface area (Å²) in [6.07, 6.45) is 0. The Morgan fingerprint density at radius 1 is 1.11 bits per heavy atom. The van der Waals surface area contributed by atoms with E-state index >= 15 is 0 Å². The van der Waals surface area contributed by atoms with Gasteiger partial charge in [-0.15, -0.1) is 0 Å². The van der Waals surface area contributed by atoms with Crippen LogP contribution >= 0.6 is 0 Å². The Balaban J connectivity index is 2.67. The van der Waals surface area contributed by atoms with E-state index < -0.39 is 0 Å². The lowest BCUT2D eigenvalue weighted by atomic mass is 9.98. The maximum Gasteiger partial charge on any atom is 0.165 e. The number of phenolic OH excluding ortho intramolecular Hbond substituents is 2. The molecule has 0 atom stereocenters. The Morgan fingerprint density at radius 3 is 2.44 bits per heavy atom. The van der Waals surface area contributed by atoms with Gasteiger partial charge in [-0.1, -0.05) is 26.0 Å². The van der Waals surface area contributed by atoms with Crippen LogP contribution in [0.5, 0.6) is 17.2 Å². The van der Waals surface area contributed by atoms with Crippen LogP contribution in [0.1, 0.15) is 32.3 Å². The molecule has 0 unspecified atom stereocenters. The average Bonchev–Trinajstić information content (AvgIpc) is 2.35. The van der Waals surface area contributed by atoms with E-state index in [0.717, 1.165) is 5.56 Å². The van der Waals surface area contributed by atoms with Crippen LogP contribution in [0.3, 0.4) is 0 Å². The van der Waals surface area contributed by atoms with E-state index in [9.17, 15) is 10.2 Å². The first-order chi connectivity index (χ1) is 8.54. The summed E-state index contributed by atoms with van der Waals surface area (Å²) in [5.41, 5.74) is 1.13. The summed E-state index contributed by atoms with van der Waals surface area (Å²) in [6, 6.07) is 7.15. The smallest absolute Gasteiger partial charge is 0.165 e. The van der Waals surface area contributed by atoms with Gasteiger partial charge in [0, 0.05) is 16.8 Å². The molecule has 0 amide bonds. The lowest BCUT2D eigenvalue weighted by Gasteiger charge is -2.12. The van der Waals surface area contributed by atoms with Crippen LogP contribution in [0.25, 0.3) is 10.8 Å². The van der Waals surface area contributed by atoms with E-state index in [2.05, 4.69) is 13.8 Å². The highest BCUT2D eigenvalue weighted by Gasteiger charge is 2.13. The van der Waals surface area contributed by atoms with Crippen LogP contribution in [0.15, 0.2) is 24.3 Å². The van der Waals surface area contributed by atoms with Gasteiger partial charge >= 0.3 is 0 Å². The second kappa shape index (κ2) is 4.77. The third-order valence-corrected chi connectivity index (χ3v) is 3.04. The van der Waals surface area contributed by atoms with Crippen molar-refractivity contribution in [3.8, 4) is 17.2 Å². The van der Waals surface area contributed by atoms with Gasteiger partial charge in [0.2, 0.25) is 0 Å². The molecule has 3 nitrogen and oxygen atoms in total. The van der Waals surface area contributed by atoms with Crippen molar-refractivity contribution in [2.45, 2.75) is 26.7 Å². The highest BCUT2D eigenvalue weighted by Crippen LogP contribution is 2.41. The fourth-order valence-corrected chi connectivity index (χ4v) is 2.01. The molecule has 0 aliphatic carbocycles. The van der Waals surface area contributed by atoms with Crippen molar-refractivity contribution in [3.05, 3.63) is 29.8 Å². The van der Waals surface area contributed by atoms with Crippen LogP contribution in [-0.4, -0.2) is 16.8 Å². The number of fused-ring (bicyclic) bond motifs is 1. The molecule has 96 valence electrons. The fourth-order valence-electron chi connectivity index (χ4n) is 2.01. The van der Waals surface area contributed by atoms with Crippen molar-refractivity contribution in [3.63, 3.8) is 0 Å². The minimum Gasteiger partial charge on any atom is -0.507 e. The predicted molar refractivity (Wildman–Crippen MR) is 72.5 cm³/mol. The molecular formula is C15H18O3. The van der Waals surface area contributed by atoms with Crippen LogP contribution in [0.2, 0.25) is 0 Å². The molecule has 2 rings (SSSR count). The van der Waals surface area contributed by atoms with Crippen LogP contribution < -0.4 is 4.74 Å². The van der Waals surface area contributed by atoms with Gasteiger partial charge in [0.25, 0.3) is 0 Å². The van der Waals surface area contributed by atoms with E-state index in [-0.39, 0.29) is 11.5 Å². The largest absolute Gasteiger partial charge is 0.507 e. The van der Waals surface area contributed by atoms with Crippen molar-refractivity contribution in [2.75, 3.05) is 6.61 Å². The molecule has 0 aliphatic heterocycles. The Bertz CT molecular complexity index is 573. The molecule has 0 saturated heterocycles. The van der Waals surface area contributed by atoms with E-state index in [1.165, 1.54) is 6.07 Å². The summed E-state index contributed by atoms with van der Waals surface area (Å²) in [7, 11) is 0. The topological polar surface area (TPSA) is 49.7 Å². The summed E-state index contributed by atoms with van der Waals surface area (Å²) < 4.78 is 5.29. The Labute approximate surface area is 107 Å². The van der Waals surface area contributed by atoms with Crippen molar-refractivity contribution in [1.29, 1.82) is 0 Å². The molecule has 18 heavy (non-hydrogen) atoms. The van der Waals surface area contributed by atoms with Crippen LogP contribution in [0, 0.1) is 0 Å². The molecule has 0 aliphatic rings. The molecule has 0 heterocycles. The standard InChI is InChI=1S/C15H18O3/c1-4-18-14-8-13(16)12-7-10(9(2)3)5-6-11(12)15(14)17/h5-9,16-17H,4H2,1-3H3. The first-order valence-corrected chi connectivity index (χ1v) is 6.16. The second-order valence-corrected chi connectivity index (χ2v) is 4.64. The number of rotatable bonds is 3. The second-order valence-electron chi connectivity index (χ2n) is 4.64. The molecule has 3 heteroatoms. The SMILES string of the molecule is CCOc1cc(O)c2cc(C(C)C)ccc2c1O. The van der Waals surface area contributed by atoms with E-state index in [1.807, 2.05) is 25.1 Å². The summed E-state index contributed by atoms with van der Waals surface area (Å²) in [6.45, 7) is 6.46. The minimum atomic E-state index is 0.0833. The minimum absolute atomic E-state index is 0.0833. The zero-order valence-corrected chi connectivity index (χ0v) is 10.9. The molecule has 0 bridgehead atoms. The van der Waals surface area contributed by atoms with Gasteiger partial charge in [0.1, 0.15) is 5.75 Å². The average molecular weight is 246 g/mol. The van der Waals surface area contributed by atoms with Crippen molar-refractivity contribution in [2.24, 2.45) is 0 Å². The number of phenols is 2. The fraction of sp³-hybridized carbons (Fsp3) is 0.333. The predicted octanol–water partition coefficient (Wildman–Crippen LogP) is 3.77. The molecule has 0 saturated carbocycles. The molecule has 2 N–H and O–H groups in total. The number of hydrogen-bond donors (Lipinski definition) is 2. The molecule has 0 radical (unpaired) electrons. The Morgan fingerprint density at radius 2 is 1.83 bits per heavy atom. The van der Waals surface area contributed by atoms with Gasteiger partial charge < -0.3 is 14.9 Å². The number of benzene rings is 2. The summed E-state index contributed by atoms with van der Waals surface area (Å²) in [5.74, 6) is 0.913. The molecule has 0 spiro atoms. The zero-order valence-electron chi connectivity index (χ0n) is 10.9. The molecule has 2 aromatic rings. The monoisotopic (exact) mass is 246 g/mol. The number of aromatic hydroxyl groups is 2. The van der Waals surface area contributed by atoms with E-state index in [0.29, 0.717) is 29.0 Å². The van der Waals surface area contributed by atoms with E-state index in [1.54, 1.807) is 0 Å². The Kier molecular flexibility index (Phi) is 3.32. The molecule has 0 aromatic heterocycles. The summed E-state index contributed by atoms with van der Waals surface area (Å²) >= 11 is 0. The molecule has 0 fully saturated rings. The quantitative estimate of drug-likeness (QED) is 0.810. The van der Waals surface area contributed by atoms with Gasteiger partial charge in [0.05, 0.1) is 6.61 Å². The van der Waals surface area contributed by atoms with Crippen molar-refractivity contribution < 1.29 is 14.9 Å². The van der Waals surface area contributed by atoms with Gasteiger partial charge in [-0.2, -0.15) is 0 Å². The highest BCUT2D eigenvalue weighted by molar-refractivity contribution is 5.95.